The Morgan fingerprint density at radius 1 is 1.21 bits per heavy atom. The maximum atomic E-state index is 3.56. The van der Waals surface area contributed by atoms with Gasteiger partial charge in [-0.1, -0.05) is 0 Å². The van der Waals surface area contributed by atoms with Crippen LogP contribution in [0.25, 0.3) is 0 Å². The molecule has 0 spiro atoms. The molecule has 1 nitrogen and oxygen atoms in total. The number of fused-ring (bicyclic) bond motifs is 1. The molecule has 1 atom stereocenters. The van der Waals surface area contributed by atoms with E-state index in [4.69, 9.17) is 0 Å². The second-order valence-corrected chi connectivity index (χ2v) is 5.69. The Morgan fingerprint density at radius 2 is 1.86 bits per heavy atom. The van der Waals surface area contributed by atoms with Crippen molar-refractivity contribution in [1.29, 1.82) is 0 Å². The molecule has 0 heterocycles. The van der Waals surface area contributed by atoms with Gasteiger partial charge in [0, 0.05) is 15.0 Å². The minimum absolute atomic E-state index is 0.592. The van der Waals surface area contributed by atoms with Gasteiger partial charge >= 0.3 is 0 Å². The summed E-state index contributed by atoms with van der Waals surface area (Å²) in [6, 6.07) is 5.08. The van der Waals surface area contributed by atoms with E-state index in [2.05, 4.69) is 63.0 Å². The van der Waals surface area contributed by atoms with Gasteiger partial charge in [-0.3, -0.25) is 0 Å². The van der Waals surface area contributed by atoms with Gasteiger partial charge < -0.3 is 4.90 Å². The number of hydrogen-bond donors (Lipinski definition) is 0. The number of aryl methyl sites for hydroxylation is 1. The van der Waals surface area contributed by atoms with E-state index in [0.29, 0.717) is 6.04 Å². The topological polar surface area (TPSA) is 3.24 Å². The fourth-order valence-electron chi connectivity index (χ4n) is 2.11. The predicted octanol–water partition coefficient (Wildman–Crippen LogP) is 3.76. The molecule has 1 aromatic carbocycles. The van der Waals surface area contributed by atoms with Crippen molar-refractivity contribution in [2.45, 2.75) is 18.9 Å². The third kappa shape index (κ3) is 1.77. The van der Waals surface area contributed by atoms with Gasteiger partial charge in [-0.2, -0.15) is 0 Å². The minimum Gasteiger partial charge on any atom is -0.302 e. The molecule has 0 radical (unpaired) electrons. The van der Waals surface area contributed by atoms with Crippen LogP contribution in [0.4, 0.5) is 0 Å². The zero-order valence-electron chi connectivity index (χ0n) is 8.35. The molecule has 1 aliphatic rings. The lowest BCUT2D eigenvalue weighted by atomic mass is 10.1. The minimum atomic E-state index is 0.592. The van der Waals surface area contributed by atoms with Crippen LogP contribution in [-0.2, 0) is 6.42 Å². The monoisotopic (exact) mass is 317 g/mol. The van der Waals surface area contributed by atoms with E-state index in [1.807, 2.05) is 0 Å². The van der Waals surface area contributed by atoms with Crippen LogP contribution in [0, 0.1) is 0 Å². The first-order valence-corrected chi connectivity index (χ1v) is 6.32. The zero-order valence-corrected chi connectivity index (χ0v) is 11.5. The van der Waals surface area contributed by atoms with E-state index in [-0.39, 0.29) is 0 Å². The molecule has 0 N–H and O–H groups in total. The molecule has 0 fully saturated rings. The number of nitrogens with zero attached hydrogens (tertiary/aromatic N) is 1. The van der Waals surface area contributed by atoms with Gasteiger partial charge in [-0.15, -0.1) is 0 Å². The normalized spacial score (nSPS) is 20.2. The van der Waals surface area contributed by atoms with E-state index in [1.54, 1.807) is 0 Å². The average Bonchev–Trinajstić information content (AvgIpc) is 2.48. The smallest absolute Gasteiger partial charge is 0.0348 e. The predicted molar refractivity (Wildman–Crippen MR) is 66.6 cm³/mol. The Hall–Kier alpha value is 0.140. The summed E-state index contributed by atoms with van der Waals surface area (Å²) < 4.78 is 2.32. The molecule has 0 bridgehead atoms. The van der Waals surface area contributed by atoms with Gasteiger partial charge in [-0.05, 0) is 82.1 Å². The molecular weight excluding hydrogens is 306 g/mol. The van der Waals surface area contributed by atoms with Crippen molar-refractivity contribution in [2.24, 2.45) is 0 Å². The van der Waals surface area contributed by atoms with Crippen LogP contribution in [-0.4, -0.2) is 19.0 Å². The molecule has 0 saturated heterocycles. The van der Waals surface area contributed by atoms with Crippen LogP contribution < -0.4 is 0 Å². The van der Waals surface area contributed by atoms with Gasteiger partial charge in [0.25, 0.3) is 0 Å². The number of benzene rings is 1. The highest BCUT2D eigenvalue weighted by atomic mass is 79.9. The Morgan fingerprint density at radius 3 is 2.50 bits per heavy atom. The number of hydrogen-bond acceptors (Lipinski definition) is 1. The Labute approximate surface area is 102 Å². The highest BCUT2D eigenvalue weighted by molar-refractivity contribution is 9.13. The summed E-state index contributed by atoms with van der Waals surface area (Å²) >= 11 is 7.11. The lowest BCUT2D eigenvalue weighted by Crippen LogP contribution is -2.17. The third-order valence-corrected chi connectivity index (χ3v) is 4.70. The molecule has 1 unspecified atom stereocenters. The van der Waals surface area contributed by atoms with Crippen molar-refractivity contribution in [3.63, 3.8) is 0 Å². The molecule has 0 amide bonds. The van der Waals surface area contributed by atoms with E-state index in [0.717, 1.165) is 8.95 Å². The van der Waals surface area contributed by atoms with Crippen LogP contribution in [0.3, 0.4) is 0 Å². The van der Waals surface area contributed by atoms with E-state index < -0.39 is 0 Å². The molecule has 0 saturated carbocycles. The zero-order chi connectivity index (χ0) is 10.3. The lowest BCUT2D eigenvalue weighted by Gasteiger charge is -2.20. The number of rotatable bonds is 1. The molecular formula is C11H13Br2N. The Balaban J connectivity index is 2.45. The molecule has 0 aromatic heterocycles. The first-order chi connectivity index (χ1) is 6.59. The Bertz CT molecular complexity index is 361. The summed E-state index contributed by atoms with van der Waals surface area (Å²) in [5.41, 5.74) is 2.96. The van der Waals surface area contributed by atoms with Gasteiger partial charge in [0.2, 0.25) is 0 Å². The molecule has 14 heavy (non-hydrogen) atoms. The SMILES string of the molecule is CN(C)C1CCc2cc(Br)c(Br)cc21. The standard InChI is InChI=1S/C11H13Br2N/c1-14(2)11-4-3-7-5-9(12)10(13)6-8(7)11/h5-6,11H,3-4H2,1-2H3. The molecule has 1 aliphatic carbocycles. The van der Waals surface area contributed by atoms with Crippen molar-refractivity contribution < 1.29 is 0 Å². The lowest BCUT2D eigenvalue weighted by molar-refractivity contribution is 0.299. The molecule has 76 valence electrons. The number of halogens is 2. The van der Waals surface area contributed by atoms with Crippen LogP contribution in [0.5, 0.6) is 0 Å². The summed E-state index contributed by atoms with van der Waals surface area (Å²) in [6.45, 7) is 0. The van der Waals surface area contributed by atoms with Gasteiger partial charge in [0.15, 0.2) is 0 Å². The largest absolute Gasteiger partial charge is 0.302 e. The maximum Gasteiger partial charge on any atom is 0.0348 e. The molecule has 1 aromatic rings. The summed E-state index contributed by atoms with van der Waals surface area (Å²) in [5.74, 6) is 0. The summed E-state index contributed by atoms with van der Waals surface area (Å²) in [5, 5.41) is 0. The maximum absolute atomic E-state index is 3.56. The quantitative estimate of drug-likeness (QED) is 0.762. The van der Waals surface area contributed by atoms with Gasteiger partial charge in [-0.25, -0.2) is 0 Å². The average molecular weight is 319 g/mol. The fraction of sp³-hybridized carbons (Fsp3) is 0.455. The van der Waals surface area contributed by atoms with Crippen molar-refractivity contribution in [2.75, 3.05) is 14.1 Å². The summed E-state index contributed by atoms with van der Waals surface area (Å²) in [4.78, 5) is 2.30. The van der Waals surface area contributed by atoms with Crippen molar-refractivity contribution in [3.8, 4) is 0 Å². The van der Waals surface area contributed by atoms with E-state index in [9.17, 15) is 0 Å². The molecule has 0 aliphatic heterocycles. The van der Waals surface area contributed by atoms with E-state index in [1.165, 1.54) is 24.0 Å². The van der Waals surface area contributed by atoms with Crippen LogP contribution >= 0.6 is 31.9 Å². The van der Waals surface area contributed by atoms with Crippen LogP contribution in [0.15, 0.2) is 21.1 Å². The van der Waals surface area contributed by atoms with Crippen molar-refractivity contribution >= 4 is 31.9 Å². The summed E-state index contributed by atoms with van der Waals surface area (Å²) in [6.07, 6.45) is 2.44. The third-order valence-electron chi connectivity index (χ3n) is 2.85. The van der Waals surface area contributed by atoms with Crippen molar-refractivity contribution in [3.05, 3.63) is 32.2 Å². The van der Waals surface area contributed by atoms with Crippen LogP contribution in [0.1, 0.15) is 23.6 Å². The highest BCUT2D eigenvalue weighted by Gasteiger charge is 2.24. The van der Waals surface area contributed by atoms with E-state index >= 15 is 0 Å². The second kappa shape index (κ2) is 3.95. The van der Waals surface area contributed by atoms with Crippen molar-refractivity contribution in [1.82, 2.24) is 4.90 Å². The molecule has 3 heteroatoms. The summed E-state index contributed by atoms with van der Waals surface area (Å²) in [7, 11) is 4.30. The molecule has 2 rings (SSSR count). The highest BCUT2D eigenvalue weighted by Crippen LogP contribution is 2.38. The Kier molecular flexibility index (Phi) is 3.01. The first-order valence-electron chi connectivity index (χ1n) is 4.74. The van der Waals surface area contributed by atoms with Gasteiger partial charge in [0.1, 0.15) is 0 Å². The van der Waals surface area contributed by atoms with Gasteiger partial charge in [0.05, 0.1) is 0 Å². The fourth-order valence-corrected chi connectivity index (χ4v) is 2.87. The second-order valence-electron chi connectivity index (χ2n) is 3.98. The van der Waals surface area contributed by atoms with Crippen LogP contribution in [0.2, 0.25) is 0 Å². The first kappa shape index (κ1) is 10.7.